The number of hydrogen-bond donors (Lipinski definition) is 6. The van der Waals surface area contributed by atoms with Gasteiger partial charge < -0.3 is 34.9 Å². The molecule has 1 aliphatic rings. The van der Waals surface area contributed by atoms with Gasteiger partial charge >= 0.3 is 7.82 Å². The van der Waals surface area contributed by atoms with E-state index in [0.29, 0.717) is 0 Å². The summed E-state index contributed by atoms with van der Waals surface area (Å²) in [6.45, 7) is -0.702. The number of aliphatic hydroxyl groups excluding tert-OH is 4. The second-order valence-corrected chi connectivity index (χ2v) is 4.49. The Balaban J connectivity index is 2.75. The molecule has 0 aliphatic carbocycles. The molecule has 9 nitrogen and oxygen atoms in total. The van der Waals surface area contributed by atoms with E-state index in [-0.39, 0.29) is 0 Å². The minimum atomic E-state index is -4.91. The maximum atomic E-state index is 10.5. The Morgan fingerprint density at radius 3 is 2.12 bits per heavy atom. The summed E-state index contributed by atoms with van der Waals surface area (Å²) in [6, 6.07) is 0. The molecule has 0 aromatic heterocycles. The van der Waals surface area contributed by atoms with E-state index in [1.807, 2.05) is 0 Å². The summed E-state index contributed by atoms with van der Waals surface area (Å²) in [5, 5.41) is 36.6. The third-order valence-corrected chi connectivity index (χ3v) is 2.57. The Morgan fingerprint density at radius 1 is 1.12 bits per heavy atom. The molecule has 0 bridgehead atoms. The first-order chi connectivity index (χ1) is 7.26. The number of aliphatic hydroxyl groups is 4. The molecule has 0 radical (unpaired) electrons. The molecule has 1 aliphatic heterocycles. The van der Waals surface area contributed by atoms with Gasteiger partial charge in [-0.15, -0.1) is 0 Å². The second-order valence-electron chi connectivity index (χ2n) is 3.29. The Labute approximate surface area is 90.1 Å². The third kappa shape index (κ3) is 3.20. The molecule has 1 rings (SSSR count). The molecule has 0 aromatic rings. The number of phosphoric acid groups is 1. The van der Waals surface area contributed by atoms with Crippen LogP contribution >= 0.6 is 7.82 Å². The number of phosphoric ester groups is 1. The van der Waals surface area contributed by atoms with Crippen molar-refractivity contribution in [2.45, 2.75) is 30.7 Å². The molecular weight excluding hydrogens is 247 g/mol. The summed E-state index contributed by atoms with van der Waals surface area (Å²) >= 11 is 0. The first-order valence-corrected chi connectivity index (χ1v) is 5.83. The van der Waals surface area contributed by atoms with Crippen LogP contribution in [0.1, 0.15) is 0 Å². The van der Waals surface area contributed by atoms with Crippen LogP contribution in [0.4, 0.5) is 0 Å². The zero-order valence-electron chi connectivity index (χ0n) is 7.95. The first kappa shape index (κ1) is 14.0. The zero-order valence-corrected chi connectivity index (χ0v) is 8.84. The van der Waals surface area contributed by atoms with Crippen LogP contribution in [-0.4, -0.2) is 67.5 Å². The average Bonchev–Trinajstić information content (AvgIpc) is 2.17. The lowest BCUT2D eigenvalue weighted by molar-refractivity contribution is -0.280. The van der Waals surface area contributed by atoms with Gasteiger partial charge in [0.1, 0.15) is 24.4 Å². The van der Waals surface area contributed by atoms with Crippen LogP contribution in [0.15, 0.2) is 0 Å². The molecule has 0 spiro atoms. The van der Waals surface area contributed by atoms with Crippen molar-refractivity contribution in [3.05, 3.63) is 0 Å². The number of hydrogen-bond acceptors (Lipinski definition) is 7. The van der Waals surface area contributed by atoms with Gasteiger partial charge in [-0.25, -0.2) is 4.57 Å². The second kappa shape index (κ2) is 5.05. The highest BCUT2D eigenvalue weighted by Crippen LogP contribution is 2.40. The van der Waals surface area contributed by atoms with Crippen LogP contribution in [0.3, 0.4) is 0 Å². The van der Waals surface area contributed by atoms with Gasteiger partial charge in [0, 0.05) is 0 Å². The van der Waals surface area contributed by atoms with Crippen LogP contribution in [0, 0.1) is 0 Å². The molecule has 0 saturated carbocycles. The van der Waals surface area contributed by atoms with Crippen molar-refractivity contribution < 1.29 is 44.0 Å². The summed E-state index contributed by atoms with van der Waals surface area (Å²) in [6.07, 6.45) is -8.25. The summed E-state index contributed by atoms with van der Waals surface area (Å²) in [5.41, 5.74) is 0. The van der Waals surface area contributed by atoms with Crippen LogP contribution < -0.4 is 0 Å². The molecule has 0 unspecified atom stereocenters. The predicted molar refractivity (Wildman–Crippen MR) is 46.9 cm³/mol. The van der Waals surface area contributed by atoms with Crippen LogP contribution in [0.5, 0.6) is 0 Å². The first-order valence-electron chi connectivity index (χ1n) is 4.30. The smallest absolute Gasteiger partial charge is 0.394 e. The fourth-order valence-corrected chi connectivity index (χ4v) is 1.73. The monoisotopic (exact) mass is 260 g/mol. The van der Waals surface area contributed by atoms with Crippen molar-refractivity contribution in [3.63, 3.8) is 0 Å². The van der Waals surface area contributed by atoms with Crippen molar-refractivity contribution in [2.24, 2.45) is 0 Å². The van der Waals surface area contributed by atoms with Crippen molar-refractivity contribution in [1.29, 1.82) is 0 Å². The lowest BCUT2D eigenvalue weighted by atomic mass is 10.00. The largest absolute Gasteiger partial charge is 0.472 e. The molecule has 1 heterocycles. The van der Waals surface area contributed by atoms with Gasteiger partial charge in [-0.05, 0) is 0 Å². The van der Waals surface area contributed by atoms with Gasteiger partial charge in [0.15, 0.2) is 6.29 Å². The normalized spacial score (nSPS) is 41.0. The van der Waals surface area contributed by atoms with Gasteiger partial charge in [-0.3, -0.25) is 4.52 Å². The van der Waals surface area contributed by atoms with Gasteiger partial charge in [0.2, 0.25) is 0 Å². The Morgan fingerprint density at radius 2 is 1.69 bits per heavy atom. The number of rotatable bonds is 3. The van der Waals surface area contributed by atoms with Crippen molar-refractivity contribution in [2.75, 3.05) is 6.61 Å². The van der Waals surface area contributed by atoms with Crippen LogP contribution in [0.25, 0.3) is 0 Å². The van der Waals surface area contributed by atoms with Gasteiger partial charge in [0.05, 0.1) is 6.61 Å². The Bertz CT molecular complexity index is 275. The van der Waals surface area contributed by atoms with E-state index in [1.165, 1.54) is 0 Å². The van der Waals surface area contributed by atoms with Crippen molar-refractivity contribution in [3.8, 4) is 0 Å². The van der Waals surface area contributed by atoms with Gasteiger partial charge in [-0.1, -0.05) is 0 Å². The maximum absolute atomic E-state index is 10.5. The molecule has 1 fully saturated rings. The van der Waals surface area contributed by atoms with E-state index in [1.54, 1.807) is 0 Å². The predicted octanol–water partition coefficient (Wildman–Crippen LogP) is -3.10. The Hall–Kier alpha value is -0.0900. The Kier molecular flexibility index (Phi) is 4.41. The summed E-state index contributed by atoms with van der Waals surface area (Å²) in [5.74, 6) is 0. The van der Waals surface area contributed by atoms with E-state index < -0.39 is 45.1 Å². The van der Waals surface area contributed by atoms with E-state index in [0.717, 1.165) is 0 Å². The zero-order chi connectivity index (χ0) is 12.5. The lowest BCUT2D eigenvalue weighted by Gasteiger charge is -2.39. The van der Waals surface area contributed by atoms with E-state index >= 15 is 0 Å². The van der Waals surface area contributed by atoms with E-state index in [2.05, 4.69) is 9.26 Å². The topological polar surface area (TPSA) is 157 Å². The molecule has 0 aromatic carbocycles. The van der Waals surface area contributed by atoms with E-state index in [4.69, 9.17) is 14.9 Å². The maximum Gasteiger partial charge on any atom is 0.472 e. The quantitative estimate of drug-likeness (QED) is 0.289. The molecule has 1 saturated heterocycles. The fraction of sp³-hybridized carbons (Fsp3) is 1.00. The van der Waals surface area contributed by atoms with E-state index in [9.17, 15) is 19.9 Å². The molecular formula is C6H13O9P. The minimum Gasteiger partial charge on any atom is -0.394 e. The van der Waals surface area contributed by atoms with Crippen molar-refractivity contribution in [1.82, 2.24) is 0 Å². The SMILES string of the molecule is O=P(O)(O)O[C@H]1O[C@@H](CO)[C@@H](O)[C@@H](O)[C@@H]1O. The van der Waals surface area contributed by atoms with Gasteiger partial charge in [0.25, 0.3) is 0 Å². The summed E-state index contributed by atoms with van der Waals surface area (Å²) in [7, 11) is -4.91. The molecule has 96 valence electrons. The molecule has 16 heavy (non-hydrogen) atoms. The van der Waals surface area contributed by atoms with Crippen LogP contribution in [0.2, 0.25) is 0 Å². The molecule has 10 heteroatoms. The summed E-state index contributed by atoms with van der Waals surface area (Å²) < 4.78 is 19.2. The molecule has 5 atom stereocenters. The highest BCUT2D eigenvalue weighted by molar-refractivity contribution is 7.46. The number of ether oxygens (including phenoxy) is 1. The van der Waals surface area contributed by atoms with Crippen molar-refractivity contribution >= 4 is 7.82 Å². The van der Waals surface area contributed by atoms with Gasteiger partial charge in [-0.2, -0.15) is 0 Å². The fourth-order valence-electron chi connectivity index (χ4n) is 1.29. The highest BCUT2D eigenvalue weighted by atomic mass is 31.2. The third-order valence-electron chi connectivity index (χ3n) is 2.09. The lowest BCUT2D eigenvalue weighted by Crippen LogP contribution is -2.58. The summed E-state index contributed by atoms with van der Waals surface area (Å²) in [4.78, 5) is 17.0. The average molecular weight is 260 g/mol. The minimum absolute atomic E-state index is 0.702. The van der Waals surface area contributed by atoms with Crippen LogP contribution in [-0.2, 0) is 13.8 Å². The molecule has 6 N–H and O–H groups in total. The molecule has 0 amide bonds. The standard InChI is InChI=1S/C6H13O9P/c7-1-2-3(8)4(9)5(10)6(14-2)15-16(11,12)13/h2-10H,1H2,(H2,11,12,13)/t2-,3+,4+,5-,6+/m0/s1. The highest BCUT2D eigenvalue weighted by Gasteiger charge is 2.46.